The summed E-state index contributed by atoms with van der Waals surface area (Å²) in [6, 6.07) is 5.22. The van der Waals surface area contributed by atoms with Crippen LogP contribution < -0.4 is 10.1 Å². The fraction of sp³-hybridized carbons (Fsp3) is 0.143. The fourth-order valence-corrected chi connectivity index (χ4v) is 1.56. The van der Waals surface area contributed by atoms with Gasteiger partial charge in [0.1, 0.15) is 17.3 Å². The summed E-state index contributed by atoms with van der Waals surface area (Å²) in [5.41, 5.74) is -0.734. The van der Waals surface area contributed by atoms with Gasteiger partial charge in [-0.15, -0.1) is 0 Å². The van der Waals surface area contributed by atoms with Crippen LogP contribution in [0.25, 0.3) is 0 Å². The van der Waals surface area contributed by atoms with Crippen molar-refractivity contribution < 1.29 is 31.5 Å². The van der Waals surface area contributed by atoms with Gasteiger partial charge in [-0.3, -0.25) is 4.79 Å². The number of ether oxygens (including phenoxy) is 1. The minimum Gasteiger partial charge on any atom is -0.468 e. The molecule has 1 aromatic carbocycles. The van der Waals surface area contributed by atoms with Crippen LogP contribution in [0.3, 0.4) is 0 Å². The third kappa shape index (κ3) is 4.63. The second-order valence-electron chi connectivity index (χ2n) is 4.34. The van der Waals surface area contributed by atoms with E-state index in [2.05, 4.69) is 9.72 Å². The minimum absolute atomic E-state index is 0.105. The molecule has 0 bridgehead atoms. The van der Waals surface area contributed by atoms with Gasteiger partial charge in [-0.05, 0) is 18.2 Å². The summed E-state index contributed by atoms with van der Waals surface area (Å²) < 4.78 is 67.1. The van der Waals surface area contributed by atoms with Crippen LogP contribution in [0.2, 0.25) is 0 Å². The summed E-state index contributed by atoms with van der Waals surface area (Å²) in [6.07, 6.45) is -3.58. The molecule has 0 aliphatic heterocycles. The van der Waals surface area contributed by atoms with Crippen molar-refractivity contribution in [3.63, 3.8) is 0 Å². The maximum Gasteiger partial charge on any atom is 0.422 e. The number of benzene rings is 1. The Kier molecular flexibility index (Phi) is 4.77. The fourth-order valence-electron chi connectivity index (χ4n) is 1.56. The number of pyridine rings is 1. The molecule has 23 heavy (non-hydrogen) atoms. The molecule has 1 aromatic heterocycles. The lowest BCUT2D eigenvalue weighted by Gasteiger charge is -2.09. The summed E-state index contributed by atoms with van der Waals surface area (Å²) >= 11 is 0. The first kappa shape index (κ1) is 16.7. The number of rotatable bonds is 4. The van der Waals surface area contributed by atoms with Crippen LogP contribution in [-0.2, 0) is 0 Å². The Balaban J connectivity index is 2.06. The van der Waals surface area contributed by atoms with E-state index in [4.69, 9.17) is 0 Å². The summed E-state index contributed by atoms with van der Waals surface area (Å²) in [5, 5.41) is 2.02. The van der Waals surface area contributed by atoms with E-state index >= 15 is 0 Å². The number of nitrogens with zero attached hydrogens (tertiary/aromatic N) is 1. The van der Waals surface area contributed by atoms with E-state index in [1.807, 2.05) is 5.32 Å². The molecule has 2 rings (SSSR count). The van der Waals surface area contributed by atoms with Crippen LogP contribution in [0, 0.1) is 11.6 Å². The van der Waals surface area contributed by atoms with Crippen LogP contribution >= 0.6 is 0 Å². The van der Waals surface area contributed by atoms with E-state index in [0.29, 0.717) is 0 Å². The predicted octanol–water partition coefficient (Wildman–Crippen LogP) is 3.55. The average Bonchev–Trinajstić information content (AvgIpc) is 2.49. The van der Waals surface area contributed by atoms with E-state index in [9.17, 15) is 26.7 Å². The molecular weight excluding hydrogens is 323 g/mol. The van der Waals surface area contributed by atoms with Gasteiger partial charge < -0.3 is 10.1 Å². The molecule has 1 heterocycles. The molecule has 0 radical (unpaired) electrons. The molecule has 4 nitrogen and oxygen atoms in total. The van der Waals surface area contributed by atoms with Gasteiger partial charge in [0.15, 0.2) is 6.61 Å². The lowest BCUT2D eigenvalue weighted by molar-refractivity contribution is -0.154. The lowest BCUT2D eigenvalue weighted by Crippen LogP contribution is -2.20. The number of hydrogen-bond acceptors (Lipinski definition) is 3. The first-order valence-electron chi connectivity index (χ1n) is 6.17. The van der Waals surface area contributed by atoms with Crippen LogP contribution in [0.4, 0.5) is 27.6 Å². The standard InChI is InChI=1S/C14H9F5N2O2/c15-9-2-1-3-10(16)12(9)21-13(22)8-4-5-11(20-6-8)23-7-14(17,18)19/h1-6H,7H2,(H,21,22). The van der Waals surface area contributed by atoms with Crippen LogP contribution in [-0.4, -0.2) is 23.7 Å². The molecule has 0 atom stereocenters. The molecule has 1 amide bonds. The second-order valence-corrected chi connectivity index (χ2v) is 4.34. The molecule has 0 aliphatic carbocycles. The highest BCUT2D eigenvalue weighted by Gasteiger charge is 2.28. The van der Waals surface area contributed by atoms with Gasteiger partial charge in [-0.25, -0.2) is 13.8 Å². The van der Waals surface area contributed by atoms with Gasteiger partial charge >= 0.3 is 6.18 Å². The Bertz CT molecular complexity index is 681. The maximum absolute atomic E-state index is 13.4. The smallest absolute Gasteiger partial charge is 0.422 e. The molecule has 0 aliphatic rings. The minimum atomic E-state index is -4.51. The lowest BCUT2D eigenvalue weighted by atomic mass is 10.2. The Morgan fingerprint density at radius 3 is 2.30 bits per heavy atom. The highest BCUT2D eigenvalue weighted by molar-refractivity contribution is 6.04. The number of amides is 1. The first-order valence-corrected chi connectivity index (χ1v) is 6.17. The maximum atomic E-state index is 13.4. The van der Waals surface area contributed by atoms with Gasteiger partial charge in [-0.1, -0.05) is 6.07 Å². The van der Waals surface area contributed by atoms with Gasteiger partial charge in [0.25, 0.3) is 5.91 Å². The van der Waals surface area contributed by atoms with E-state index < -0.39 is 36.0 Å². The van der Waals surface area contributed by atoms with Crippen molar-refractivity contribution in [3.05, 3.63) is 53.7 Å². The van der Waals surface area contributed by atoms with Crippen molar-refractivity contribution in [3.8, 4) is 5.88 Å². The number of hydrogen-bond donors (Lipinski definition) is 1. The first-order chi connectivity index (χ1) is 10.8. The predicted molar refractivity (Wildman–Crippen MR) is 70.1 cm³/mol. The molecule has 0 saturated carbocycles. The molecule has 9 heteroatoms. The summed E-state index contributed by atoms with van der Waals surface area (Å²) in [4.78, 5) is 15.4. The second kappa shape index (κ2) is 6.59. The Morgan fingerprint density at radius 1 is 1.13 bits per heavy atom. The summed E-state index contributed by atoms with van der Waals surface area (Å²) in [6.45, 7) is -1.52. The van der Waals surface area contributed by atoms with Gasteiger partial charge in [0.2, 0.25) is 5.88 Å². The SMILES string of the molecule is O=C(Nc1c(F)cccc1F)c1ccc(OCC(F)(F)F)nc1. The zero-order chi connectivity index (χ0) is 17.0. The summed E-state index contributed by atoms with van der Waals surface area (Å²) in [7, 11) is 0. The number of aromatic nitrogens is 1. The number of para-hydroxylation sites is 1. The number of nitrogens with one attached hydrogen (secondary N) is 1. The molecule has 122 valence electrons. The van der Waals surface area contributed by atoms with E-state index in [0.717, 1.165) is 36.5 Å². The molecule has 1 N–H and O–H groups in total. The van der Waals surface area contributed by atoms with E-state index in [1.165, 1.54) is 0 Å². The Labute approximate surface area is 126 Å². The molecule has 0 spiro atoms. The zero-order valence-corrected chi connectivity index (χ0v) is 11.3. The molecule has 0 saturated heterocycles. The highest BCUT2D eigenvalue weighted by Crippen LogP contribution is 2.20. The molecule has 2 aromatic rings. The van der Waals surface area contributed by atoms with Crippen LogP contribution in [0.15, 0.2) is 36.5 Å². The van der Waals surface area contributed by atoms with Gasteiger partial charge in [-0.2, -0.15) is 13.2 Å². The van der Waals surface area contributed by atoms with Crippen LogP contribution in [0.1, 0.15) is 10.4 Å². The van der Waals surface area contributed by atoms with Crippen molar-refractivity contribution in [2.75, 3.05) is 11.9 Å². The number of alkyl halides is 3. The Hall–Kier alpha value is -2.71. The average molecular weight is 332 g/mol. The van der Waals surface area contributed by atoms with E-state index in [-0.39, 0.29) is 11.4 Å². The van der Waals surface area contributed by atoms with Crippen molar-refractivity contribution in [1.82, 2.24) is 4.98 Å². The molecule has 0 fully saturated rings. The third-order valence-corrected chi connectivity index (χ3v) is 2.58. The van der Waals surface area contributed by atoms with Gasteiger partial charge in [0, 0.05) is 12.3 Å². The number of halogens is 5. The Morgan fingerprint density at radius 2 is 1.78 bits per heavy atom. The van der Waals surface area contributed by atoms with Crippen LogP contribution in [0.5, 0.6) is 5.88 Å². The van der Waals surface area contributed by atoms with Crippen molar-refractivity contribution in [2.45, 2.75) is 6.18 Å². The van der Waals surface area contributed by atoms with Crippen molar-refractivity contribution >= 4 is 11.6 Å². The quantitative estimate of drug-likeness (QED) is 0.871. The highest BCUT2D eigenvalue weighted by atomic mass is 19.4. The monoisotopic (exact) mass is 332 g/mol. The number of carbonyl (C=O) groups excluding carboxylic acids is 1. The number of anilines is 1. The topological polar surface area (TPSA) is 51.2 Å². The molecular formula is C14H9F5N2O2. The normalized spacial score (nSPS) is 11.2. The molecule has 0 unspecified atom stereocenters. The number of carbonyl (C=O) groups is 1. The summed E-state index contributed by atoms with van der Waals surface area (Å²) in [5.74, 6) is -3.13. The van der Waals surface area contributed by atoms with Gasteiger partial charge in [0.05, 0.1) is 5.56 Å². The third-order valence-electron chi connectivity index (χ3n) is 2.58. The largest absolute Gasteiger partial charge is 0.468 e. The van der Waals surface area contributed by atoms with Crippen molar-refractivity contribution in [1.29, 1.82) is 0 Å². The zero-order valence-electron chi connectivity index (χ0n) is 11.3. The van der Waals surface area contributed by atoms with E-state index in [1.54, 1.807) is 0 Å². The van der Waals surface area contributed by atoms with Crippen molar-refractivity contribution in [2.24, 2.45) is 0 Å².